The van der Waals surface area contributed by atoms with E-state index in [2.05, 4.69) is 51.8 Å². The Morgan fingerprint density at radius 1 is 0.868 bits per heavy atom. The fraction of sp³-hybridized carbons (Fsp3) is 0.250. The minimum absolute atomic E-state index is 0. The summed E-state index contributed by atoms with van der Waals surface area (Å²) >= 11 is 9.79. The van der Waals surface area contributed by atoms with E-state index in [-0.39, 0.29) is 40.6 Å². The number of rotatable bonds is 5. The predicted octanol–water partition coefficient (Wildman–Crippen LogP) is 3.55. The Morgan fingerprint density at radius 2 is 1.29 bits per heavy atom. The normalized spacial score (nSPS) is 10.2. The first kappa shape index (κ1) is 34.7. The van der Waals surface area contributed by atoms with Crippen LogP contribution in [0.1, 0.15) is 38.8 Å². The van der Waals surface area contributed by atoms with E-state index in [9.17, 15) is 9.59 Å². The van der Waals surface area contributed by atoms with Gasteiger partial charge in [0.1, 0.15) is 11.0 Å². The fourth-order valence-electron chi connectivity index (χ4n) is 3.24. The number of carbonyl (C=O) groups excluding carboxylic acids is 1. The number of carbonyl (C=O) groups is 2. The number of hydrogen-bond acceptors (Lipinski definition) is 10. The molecule has 4 aromatic heterocycles. The number of hydrogen-bond donors (Lipinski definition) is 1. The summed E-state index contributed by atoms with van der Waals surface area (Å²) < 4.78 is 6.12. The molecule has 14 heteroatoms. The second-order valence-electron chi connectivity index (χ2n) is 7.35. The average molecular weight is 694 g/mol. The minimum atomic E-state index is -1.01. The van der Waals surface area contributed by atoms with E-state index in [4.69, 9.17) is 9.84 Å². The molecule has 38 heavy (non-hydrogen) atoms. The van der Waals surface area contributed by atoms with E-state index in [1.807, 2.05) is 38.5 Å². The number of halogens is 2. The molecule has 0 atom stereocenters. The number of fused-ring (bicyclic) bond motifs is 2. The Hall–Kier alpha value is -1.32. The number of thioether (sulfide) groups is 2. The molecule has 0 saturated heterocycles. The summed E-state index contributed by atoms with van der Waals surface area (Å²) in [5.41, 5.74) is 5.34. The fourth-order valence-corrected chi connectivity index (χ4v) is 5.28. The molecule has 0 unspecified atom stereocenters. The maximum atomic E-state index is 11.8. The van der Waals surface area contributed by atoms with Gasteiger partial charge in [0, 0.05) is 12.4 Å². The van der Waals surface area contributed by atoms with Crippen molar-refractivity contribution in [3.8, 4) is 0 Å². The number of pyridine rings is 4. The molecule has 9 nitrogen and oxygen atoms in total. The zero-order valence-corrected chi connectivity index (χ0v) is 28.3. The number of nitrogens with zero attached hydrogens (tertiary/aromatic N) is 4. The van der Waals surface area contributed by atoms with Gasteiger partial charge in [0.25, 0.3) is 0 Å². The number of aromatic carboxylic acids is 1. The average Bonchev–Trinajstić information content (AvgIpc) is 2.85. The van der Waals surface area contributed by atoms with E-state index < -0.39 is 11.9 Å². The summed E-state index contributed by atoms with van der Waals surface area (Å²) in [6, 6.07) is 3.92. The second-order valence-corrected chi connectivity index (χ2v) is 10.6. The van der Waals surface area contributed by atoms with Crippen molar-refractivity contribution in [1.29, 1.82) is 0 Å². The molecule has 0 radical (unpaired) electrons. The van der Waals surface area contributed by atoms with E-state index >= 15 is 0 Å². The van der Waals surface area contributed by atoms with Crippen molar-refractivity contribution in [3.63, 3.8) is 0 Å². The van der Waals surface area contributed by atoms with Crippen molar-refractivity contribution in [2.75, 3.05) is 19.1 Å². The summed E-state index contributed by atoms with van der Waals surface area (Å²) in [4.78, 5) is 40.2. The van der Waals surface area contributed by atoms with Gasteiger partial charge in [-0.05, 0) is 88.4 Å². The number of carboxylic acid groups (broad SMARTS) is 1. The van der Waals surface area contributed by atoms with Crippen LogP contribution in [0.15, 0.2) is 43.5 Å². The summed E-state index contributed by atoms with van der Waals surface area (Å²) in [5.74, 6) is -1.40. The molecule has 196 valence electrons. The van der Waals surface area contributed by atoms with Crippen LogP contribution in [0.2, 0.25) is 0 Å². The standard InChI is InChI=1S/C13H13BrN2O2S.C11H9BrN2O2S.Na.H2O/c1-4-18-13(17)8-6-15-11-7(2)5-9(19-3)16-12(11)10(8)14;1-5-3-7(17-2)14-10-8(12)6(11(15)16)4-13-9(5)10;;/h5-6H,4H2,1-3H3;3-4H,1-2H3,(H,15,16);;1H2/q;;+1;/p-1. The van der Waals surface area contributed by atoms with Crippen LogP contribution in [0.5, 0.6) is 0 Å². The molecule has 4 heterocycles. The third kappa shape index (κ3) is 7.66. The molecular weight excluding hydrogens is 671 g/mol. The predicted molar refractivity (Wildman–Crippen MR) is 152 cm³/mol. The Balaban J connectivity index is 0.000000363. The Kier molecular flexibility index (Phi) is 14.1. The largest absolute Gasteiger partial charge is 1.00 e. The number of carboxylic acids is 1. The molecule has 0 aliphatic rings. The Morgan fingerprint density at radius 3 is 1.68 bits per heavy atom. The monoisotopic (exact) mass is 692 g/mol. The summed E-state index contributed by atoms with van der Waals surface area (Å²) in [5, 5.41) is 10.8. The molecular formula is C24H23Br2N4NaO5S2. The molecule has 4 aromatic rings. The van der Waals surface area contributed by atoms with E-state index in [1.54, 1.807) is 18.7 Å². The molecule has 0 spiro atoms. The Bertz CT molecular complexity index is 1490. The molecule has 4 rings (SSSR count). The van der Waals surface area contributed by atoms with Gasteiger partial charge in [0.2, 0.25) is 0 Å². The number of esters is 1. The van der Waals surface area contributed by atoms with E-state index in [1.165, 1.54) is 24.2 Å². The molecule has 0 fully saturated rings. The van der Waals surface area contributed by atoms with Crippen LogP contribution in [0.25, 0.3) is 22.1 Å². The maximum Gasteiger partial charge on any atom is 1.00 e. The van der Waals surface area contributed by atoms with Crippen LogP contribution in [-0.2, 0) is 4.74 Å². The van der Waals surface area contributed by atoms with Gasteiger partial charge < -0.3 is 15.3 Å². The van der Waals surface area contributed by atoms with Gasteiger partial charge in [-0.25, -0.2) is 19.6 Å². The van der Waals surface area contributed by atoms with E-state index in [0.717, 1.165) is 32.2 Å². The van der Waals surface area contributed by atoms with Gasteiger partial charge in [-0.3, -0.25) is 9.97 Å². The summed E-state index contributed by atoms with van der Waals surface area (Å²) in [7, 11) is 0. The van der Waals surface area contributed by atoms with Crippen LogP contribution < -0.4 is 29.6 Å². The zero-order valence-electron chi connectivity index (χ0n) is 21.5. The maximum absolute atomic E-state index is 11.8. The van der Waals surface area contributed by atoms with Crippen molar-refractivity contribution in [2.24, 2.45) is 0 Å². The van der Waals surface area contributed by atoms with Crippen LogP contribution in [-0.4, -0.2) is 61.6 Å². The minimum Gasteiger partial charge on any atom is -0.870 e. The van der Waals surface area contributed by atoms with E-state index in [0.29, 0.717) is 32.1 Å². The van der Waals surface area contributed by atoms with Crippen LogP contribution in [0.4, 0.5) is 0 Å². The smallest absolute Gasteiger partial charge is 0.870 e. The first-order valence-corrected chi connectivity index (χ1v) is 14.6. The first-order valence-electron chi connectivity index (χ1n) is 10.5. The van der Waals surface area contributed by atoms with Gasteiger partial charge in [-0.15, -0.1) is 23.5 Å². The van der Waals surface area contributed by atoms with Gasteiger partial charge in [0.05, 0.1) is 47.8 Å². The number of aromatic nitrogens is 4. The van der Waals surface area contributed by atoms with Crippen molar-refractivity contribution in [2.45, 2.75) is 30.8 Å². The van der Waals surface area contributed by atoms with Gasteiger partial charge in [-0.1, -0.05) is 0 Å². The van der Waals surface area contributed by atoms with Crippen LogP contribution in [0, 0.1) is 13.8 Å². The third-order valence-corrected chi connectivity index (χ3v) is 7.86. The quantitative estimate of drug-likeness (QED) is 0.186. The van der Waals surface area contributed by atoms with Gasteiger partial charge in [-0.2, -0.15) is 0 Å². The number of ether oxygens (including phenoxy) is 1. The second kappa shape index (κ2) is 15.5. The number of aryl methyl sites for hydroxylation is 2. The van der Waals surface area contributed by atoms with Gasteiger partial charge in [0.15, 0.2) is 0 Å². The van der Waals surface area contributed by atoms with Gasteiger partial charge >= 0.3 is 41.5 Å². The molecule has 0 aromatic carbocycles. The SMILES string of the molecule is CCOC(=O)c1cnc2c(C)cc(SC)nc2c1Br.CSc1cc(C)c2ncc(C(=O)O)c(Br)c2n1.[Na+].[OH-]. The summed E-state index contributed by atoms with van der Waals surface area (Å²) in [6.07, 6.45) is 6.76. The molecule has 0 saturated carbocycles. The van der Waals surface area contributed by atoms with Crippen molar-refractivity contribution in [3.05, 3.63) is 55.7 Å². The third-order valence-electron chi connectivity index (χ3n) is 5.00. The molecule has 0 aliphatic heterocycles. The zero-order chi connectivity index (χ0) is 26.6. The molecule has 0 amide bonds. The van der Waals surface area contributed by atoms with Crippen molar-refractivity contribution >= 4 is 89.4 Å². The summed E-state index contributed by atoms with van der Waals surface area (Å²) in [6.45, 7) is 6.02. The molecule has 0 bridgehead atoms. The van der Waals surface area contributed by atoms with Crippen LogP contribution >= 0.6 is 55.4 Å². The topological polar surface area (TPSA) is 145 Å². The molecule has 2 N–H and O–H groups in total. The first-order chi connectivity index (χ1) is 17.1. The Labute approximate surface area is 267 Å². The van der Waals surface area contributed by atoms with Crippen LogP contribution in [0.3, 0.4) is 0 Å². The van der Waals surface area contributed by atoms with Crippen molar-refractivity contribution in [1.82, 2.24) is 19.9 Å². The molecule has 0 aliphatic carbocycles. The van der Waals surface area contributed by atoms with Crippen molar-refractivity contribution < 1.29 is 54.5 Å².